The Balaban J connectivity index is 2.40. The number of anilines is 1. The van der Waals surface area contributed by atoms with E-state index in [4.69, 9.17) is 15.5 Å². The van der Waals surface area contributed by atoms with Gasteiger partial charge in [-0.05, 0) is 25.0 Å². The topological polar surface area (TPSA) is 48.1 Å². The zero-order valence-electron chi connectivity index (χ0n) is 10.2. The lowest BCUT2D eigenvalue weighted by Crippen LogP contribution is -2.14. The van der Waals surface area contributed by atoms with Crippen LogP contribution < -0.4 is 5.73 Å². The lowest BCUT2D eigenvalue weighted by atomic mass is 9.99. The third-order valence-electron chi connectivity index (χ3n) is 3.64. The van der Waals surface area contributed by atoms with Crippen molar-refractivity contribution in [1.82, 2.24) is 4.98 Å². The molecular weight excluding hydrogens is 212 g/mol. The highest BCUT2D eigenvalue weighted by molar-refractivity contribution is 5.94. The van der Waals surface area contributed by atoms with Gasteiger partial charge in [-0.3, -0.25) is 4.98 Å². The first-order valence-electron chi connectivity index (χ1n) is 5.93. The molecule has 0 radical (unpaired) electrons. The van der Waals surface area contributed by atoms with E-state index in [1.807, 2.05) is 0 Å². The van der Waals surface area contributed by atoms with Crippen molar-refractivity contribution in [1.29, 1.82) is 0 Å². The van der Waals surface area contributed by atoms with Gasteiger partial charge in [-0.25, -0.2) is 0 Å². The van der Waals surface area contributed by atoms with Crippen LogP contribution in [0.3, 0.4) is 0 Å². The number of pyridine rings is 1. The highest BCUT2D eigenvalue weighted by atomic mass is 16.5. The molecule has 88 valence electrons. The van der Waals surface area contributed by atoms with Crippen molar-refractivity contribution < 1.29 is 4.74 Å². The molecule has 0 saturated heterocycles. The minimum absolute atomic E-state index is 0.594. The standard InChI is InChI=1S/C14H16N2O/c1-8-3-4-10-13(15)11-7-17-6-5-12(11)16-14(10)9(8)2/h3-4H,5-7H2,1-2H3,(H2,15,16). The Morgan fingerprint density at radius 3 is 2.94 bits per heavy atom. The van der Waals surface area contributed by atoms with E-state index in [1.165, 1.54) is 11.1 Å². The quantitative estimate of drug-likeness (QED) is 0.753. The summed E-state index contributed by atoms with van der Waals surface area (Å²) >= 11 is 0. The average molecular weight is 228 g/mol. The van der Waals surface area contributed by atoms with Crippen molar-refractivity contribution in [3.05, 3.63) is 34.5 Å². The number of nitrogens with two attached hydrogens (primary N) is 1. The molecule has 0 amide bonds. The van der Waals surface area contributed by atoms with Crippen LogP contribution in [0, 0.1) is 13.8 Å². The summed E-state index contributed by atoms with van der Waals surface area (Å²) in [5.41, 5.74) is 12.8. The zero-order valence-corrected chi connectivity index (χ0v) is 10.2. The first-order chi connectivity index (χ1) is 8.18. The minimum Gasteiger partial charge on any atom is -0.398 e. The second-order valence-corrected chi connectivity index (χ2v) is 4.66. The molecule has 2 N–H and O–H groups in total. The Kier molecular flexibility index (Phi) is 2.30. The van der Waals surface area contributed by atoms with Gasteiger partial charge in [0.05, 0.1) is 24.4 Å². The largest absolute Gasteiger partial charge is 0.398 e. The number of aromatic nitrogens is 1. The predicted octanol–water partition coefficient (Wildman–Crippen LogP) is 2.51. The molecule has 2 aromatic rings. The smallest absolute Gasteiger partial charge is 0.0758 e. The van der Waals surface area contributed by atoms with Gasteiger partial charge in [0.25, 0.3) is 0 Å². The van der Waals surface area contributed by atoms with Crippen molar-refractivity contribution in [2.45, 2.75) is 26.9 Å². The molecule has 0 atom stereocenters. The van der Waals surface area contributed by atoms with E-state index in [9.17, 15) is 0 Å². The van der Waals surface area contributed by atoms with Gasteiger partial charge in [-0.15, -0.1) is 0 Å². The van der Waals surface area contributed by atoms with E-state index in [0.717, 1.165) is 40.9 Å². The predicted molar refractivity (Wildman–Crippen MR) is 69.0 cm³/mol. The average Bonchev–Trinajstić information content (AvgIpc) is 2.35. The second kappa shape index (κ2) is 3.70. The summed E-state index contributed by atoms with van der Waals surface area (Å²) in [6, 6.07) is 4.17. The first-order valence-corrected chi connectivity index (χ1v) is 5.93. The summed E-state index contributed by atoms with van der Waals surface area (Å²) in [4.78, 5) is 4.78. The summed E-state index contributed by atoms with van der Waals surface area (Å²) in [6.07, 6.45) is 0.864. The molecule has 1 aromatic heterocycles. The number of rotatable bonds is 0. The fourth-order valence-electron chi connectivity index (χ4n) is 2.39. The van der Waals surface area contributed by atoms with Gasteiger partial charge in [0.15, 0.2) is 0 Å². The maximum absolute atomic E-state index is 6.24. The summed E-state index contributed by atoms with van der Waals surface area (Å²) in [5, 5.41) is 1.05. The molecule has 0 saturated carbocycles. The third-order valence-corrected chi connectivity index (χ3v) is 3.64. The van der Waals surface area contributed by atoms with Gasteiger partial charge in [0.1, 0.15) is 0 Å². The summed E-state index contributed by atoms with van der Waals surface area (Å²) in [6.45, 7) is 5.55. The van der Waals surface area contributed by atoms with Gasteiger partial charge in [0.2, 0.25) is 0 Å². The number of hydrogen-bond acceptors (Lipinski definition) is 3. The van der Waals surface area contributed by atoms with Crippen LogP contribution in [0.4, 0.5) is 5.69 Å². The number of hydrogen-bond donors (Lipinski definition) is 1. The maximum Gasteiger partial charge on any atom is 0.0758 e. The minimum atomic E-state index is 0.594. The number of nitrogens with zero attached hydrogens (tertiary/aromatic N) is 1. The monoisotopic (exact) mass is 228 g/mol. The van der Waals surface area contributed by atoms with Gasteiger partial charge >= 0.3 is 0 Å². The fraction of sp³-hybridized carbons (Fsp3) is 0.357. The van der Waals surface area contributed by atoms with E-state index < -0.39 is 0 Å². The Morgan fingerprint density at radius 2 is 2.12 bits per heavy atom. The van der Waals surface area contributed by atoms with Crippen LogP contribution in [0.15, 0.2) is 12.1 Å². The molecular formula is C14H16N2O. The van der Waals surface area contributed by atoms with E-state index in [1.54, 1.807) is 0 Å². The van der Waals surface area contributed by atoms with Crippen LogP contribution in [0.5, 0.6) is 0 Å². The molecule has 0 unspecified atom stereocenters. The zero-order chi connectivity index (χ0) is 12.0. The number of aryl methyl sites for hydroxylation is 2. The lowest BCUT2D eigenvalue weighted by molar-refractivity contribution is 0.110. The molecule has 0 aliphatic carbocycles. The van der Waals surface area contributed by atoms with Crippen molar-refractivity contribution in [3.63, 3.8) is 0 Å². The SMILES string of the molecule is Cc1ccc2c(N)c3c(nc2c1C)CCOC3. The number of nitrogen functional groups attached to an aromatic ring is 1. The van der Waals surface area contributed by atoms with Crippen molar-refractivity contribution in [3.8, 4) is 0 Å². The van der Waals surface area contributed by atoms with E-state index >= 15 is 0 Å². The molecule has 0 bridgehead atoms. The van der Waals surface area contributed by atoms with Crippen LogP contribution in [-0.2, 0) is 17.8 Å². The van der Waals surface area contributed by atoms with Crippen molar-refractivity contribution >= 4 is 16.6 Å². The van der Waals surface area contributed by atoms with Crippen LogP contribution in [0.25, 0.3) is 10.9 Å². The Labute approximate surface area is 101 Å². The molecule has 2 heterocycles. The van der Waals surface area contributed by atoms with Gasteiger partial charge in [-0.1, -0.05) is 12.1 Å². The normalized spacial score (nSPS) is 14.9. The molecule has 1 aliphatic rings. The van der Waals surface area contributed by atoms with Crippen LogP contribution in [-0.4, -0.2) is 11.6 Å². The van der Waals surface area contributed by atoms with E-state index in [0.29, 0.717) is 6.61 Å². The summed E-state index contributed by atoms with van der Waals surface area (Å²) in [7, 11) is 0. The van der Waals surface area contributed by atoms with Crippen LogP contribution in [0.2, 0.25) is 0 Å². The van der Waals surface area contributed by atoms with Gasteiger partial charge < -0.3 is 10.5 Å². The molecule has 17 heavy (non-hydrogen) atoms. The van der Waals surface area contributed by atoms with E-state index in [-0.39, 0.29) is 0 Å². The van der Waals surface area contributed by atoms with Gasteiger partial charge in [-0.2, -0.15) is 0 Å². The third kappa shape index (κ3) is 1.50. The molecule has 1 aromatic carbocycles. The number of fused-ring (bicyclic) bond motifs is 2. The number of benzene rings is 1. The second-order valence-electron chi connectivity index (χ2n) is 4.66. The molecule has 1 aliphatic heterocycles. The lowest BCUT2D eigenvalue weighted by Gasteiger charge is -2.20. The van der Waals surface area contributed by atoms with Gasteiger partial charge in [0, 0.05) is 23.1 Å². The molecule has 0 spiro atoms. The summed E-state index contributed by atoms with van der Waals surface area (Å²) < 4.78 is 5.46. The van der Waals surface area contributed by atoms with E-state index in [2.05, 4.69) is 26.0 Å². The molecule has 3 nitrogen and oxygen atoms in total. The summed E-state index contributed by atoms with van der Waals surface area (Å²) in [5.74, 6) is 0. The molecule has 0 fully saturated rings. The Hall–Kier alpha value is -1.61. The highest BCUT2D eigenvalue weighted by Gasteiger charge is 2.17. The Morgan fingerprint density at radius 1 is 1.29 bits per heavy atom. The Bertz CT molecular complexity index is 605. The maximum atomic E-state index is 6.24. The first kappa shape index (κ1) is 10.5. The number of ether oxygens (including phenoxy) is 1. The van der Waals surface area contributed by atoms with Crippen molar-refractivity contribution in [2.24, 2.45) is 0 Å². The highest BCUT2D eigenvalue weighted by Crippen LogP contribution is 2.31. The van der Waals surface area contributed by atoms with Crippen LogP contribution in [0.1, 0.15) is 22.4 Å². The van der Waals surface area contributed by atoms with Crippen molar-refractivity contribution in [2.75, 3.05) is 12.3 Å². The molecule has 3 heteroatoms. The molecule has 3 rings (SSSR count). The van der Waals surface area contributed by atoms with Crippen LogP contribution >= 0.6 is 0 Å². The fourth-order valence-corrected chi connectivity index (χ4v) is 2.39.